The van der Waals surface area contributed by atoms with Gasteiger partial charge in [0.15, 0.2) is 5.78 Å². The molecule has 0 saturated heterocycles. The van der Waals surface area contributed by atoms with Crippen LogP contribution in [-0.2, 0) is 9.53 Å². The van der Waals surface area contributed by atoms with Crippen molar-refractivity contribution in [3.8, 4) is 0 Å². The van der Waals surface area contributed by atoms with E-state index in [1.54, 1.807) is 19.9 Å². The molecule has 172 valence electrons. The fourth-order valence-corrected chi connectivity index (χ4v) is 4.80. The molecule has 0 heterocycles. The molecule has 30 heavy (non-hydrogen) atoms. The lowest BCUT2D eigenvalue weighted by Gasteiger charge is -2.37. The average Bonchev–Trinajstić information content (AvgIpc) is 2.91. The Balaban J connectivity index is 2.43. The van der Waals surface area contributed by atoms with Crippen molar-refractivity contribution in [3.63, 3.8) is 0 Å². The van der Waals surface area contributed by atoms with Crippen LogP contribution in [-0.4, -0.2) is 74.0 Å². The topological polar surface area (TPSA) is 127 Å². The van der Waals surface area contributed by atoms with E-state index in [1.807, 2.05) is 19.9 Å². The molecule has 0 aromatic heterocycles. The lowest BCUT2D eigenvalue weighted by molar-refractivity contribution is -0.151. The second-order valence-electron chi connectivity index (χ2n) is 9.57. The minimum absolute atomic E-state index is 0.00840. The number of ketones is 1. The SMILES string of the molecule is C=C1[C@@H](O)C[C@H](C(C)(C)OCCCO)/C=C/[C@@H](C)C(=O)[C@@]2(O)C[C@H](C)[C@H](O)[C@@H]2[C@H]1O. The van der Waals surface area contributed by atoms with Crippen molar-refractivity contribution in [1.82, 2.24) is 0 Å². The number of Topliss-reactive ketones (excluding diaryl/α,β-unsaturated/α-hetero) is 1. The monoisotopic (exact) mass is 426 g/mol. The van der Waals surface area contributed by atoms with Gasteiger partial charge in [0.2, 0.25) is 0 Å². The summed E-state index contributed by atoms with van der Waals surface area (Å²) in [7, 11) is 0. The van der Waals surface area contributed by atoms with E-state index in [1.165, 1.54) is 0 Å². The zero-order valence-electron chi connectivity index (χ0n) is 18.5. The summed E-state index contributed by atoms with van der Waals surface area (Å²) in [6.45, 7) is 11.3. The minimum Gasteiger partial charge on any atom is -0.396 e. The smallest absolute Gasteiger partial charge is 0.171 e. The van der Waals surface area contributed by atoms with E-state index in [-0.39, 0.29) is 36.9 Å². The van der Waals surface area contributed by atoms with E-state index < -0.39 is 47.1 Å². The molecule has 2 rings (SSSR count). The molecule has 0 spiro atoms. The van der Waals surface area contributed by atoms with Gasteiger partial charge in [-0.15, -0.1) is 0 Å². The summed E-state index contributed by atoms with van der Waals surface area (Å²) in [6, 6.07) is 0. The largest absolute Gasteiger partial charge is 0.396 e. The molecule has 0 amide bonds. The summed E-state index contributed by atoms with van der Waals surface area (Å²) in [4.78, 5) is 13.2. The molecular weight excluding hydrogens is 388 g/mol. The molecule has 2 aliphatic carbocycles. The first-order valence-electron chi connectivity index (χ1n) is 10.8. The zero-order chi connectivity index (χ0) is 22.9. The lowest BCUT2D eigenvalue weighted by Crippen LogP contribution is -2.52. The van der Waals surface area contributed by atoms with Crippen LogP contribution in [0.1, 0.15) is 47.0 Å². The molecule has 8 atom stereocenters. The van der Waals surface area contributed by atoms with Crippen LogP contribution in [0.25, 0.3) is 0 Å². The van der Waals surface area contributed by atoms with Crippen LogP contribution >= 0.6 is 0 Å². The maximum Gasteiger partial charge on any atom is 0.171 e. The minimum atomic E-state index is -1.91. The van der Waals surface area contributed by atoms with Crippen LogP contribution in [0, 0.1) is 23.7 Å². The summed E-state index contributed by atoms with van der Waals surface area (Å²) < 4.78 is 5.92. The van der Waals surface area contributed by atoms with Gasteiger partial charge >= 0.3 is 0 Å². The van der Waals surface area contributed by atoms with E-state index in [0.717, 1.165) is 0 Å². The molecular formula is C23H38O7. The Labute approximate surface area is 179 Å². The predicted molar refractivity (Wildman–Crippen MR) is 113 cm³/mol. The van der Waals surface area contributed by atoms with Crippen molar-refractivity contribution >= 4 is 5.78 Å². The molecule has 0 aliphatic heterocycles. The van der Waals surface area contributed by atoms with Gasteiger partial charge in [-0.25, -0.2) is 0 Å². The molecule has 0 radical (unpaired) electrons. The van der Waals surface area contributed by atoms with Crippen molar-refractivity contribution in [2.45, 2.75) is 76.5 Å². The molecule has 1 saturated carbocycles. The van der Waals surface area contributed by atoms with Gasteiger partial charge in [-0.05, 0) is 44.6 Å². The highest BCUT2D eigenvalue weighted by molar-refractivity contribution is 5.91. The van der Waals surface area contributed by atoms with Crippen LogP contribution in [0.3, 0.4) is 0 Å². The third-order valence-corrected chi connectivity index (χ3v) is 6.90. The van der Waals surface area contributed by atoms with Crippen molar-refractivity contribution in [2.75, 3.05) is 13.2 Å². The maximum atomic E-state index is 13.2. The van der Waals surface area contributed by atoms with Crippen LogP contribution in [0.4, 0.5) is 0 Å². The Bertz CT molecular complexity index is 658. The Morgan fingerprint density at radius 1 is 1.23 bits per heavy atom. The molecule has 7 nitrogen and oxygen atoms in total. The zero-order valence-corrected chi connectivity index (χ0v) is 18.5. The number of carbonyl (C=O) groups is 1. The van der Waals surface area contributed by atoms with Gasteiger partial charge in [0.1, 0.15) is 5.60 Å². The number of hydrogen-bond acceptors (Lipinski definition) is 7. The molecule has 5 N–H and O–H groups in total. The van der Waals surface area contributed by atoms with Gasteiger partial charge in [-0.3, -0.25) is 4.79 Å². The van der Waals surface area contributed by atoms with Gasteiger partial charge in [-0.2, -0.15) is 0 Å². The number of fused-ring (bicyclic) bond motifs is 1. The first-order chi connectivity index (χ1) is 13.9. The molecule has 0 bridgehead atoms. The molecule has 1 fully saturated rings. The van der Waals surface area contributed by atoms with Gasteiger partial charge in [0, 0.05) is 25.0 Å². The average molecular weight is 427 g/mol. The summed E-state index contributed by atoms with van der Waals surface area (Å²) in [5.41, 5.74) is -2.55. The Morgan fingerprint density at radius 2 is 1.87 bits per heavy atom. The maximum absolute atomic E-state index is 13.2. The predicted octanol–water partition coefficient (Wildman–Crippen LogP) is 0.971. The highest BCUT2D eigenvalue weighted by Gasteiger charge is 2.59. The number of rotatable bonds is 5. The van der Waals surface area contributed by atoms with Crippen LogP contribution < -0.4 is 0 Å². The number of aliphatic hydroxyl groups is 5. The standard InChI is InChI=1S/C23H38O7/c1-13-7-8-16(22(4,5)30-10-6-9-24)11-17(25)15(3)20(27)18-19(26)14(2)12-23(18,29)21(13)28/h7-8,13-14,16-20,24-27,29H,3,6,9-12H2,1-2,4-5H3/b8-7+/t13-,14+,16-,17+,18-,19+,20+,23-/m1/s1. The van der Waals surface area contributed by atoms with Crippen molar-refractivity contribution in [1.29, 1.82) is 0 Å². The fraction of sp³-hybridized carbons (Fsp3) is 0.783. The van der Waals surface area contributed by atoms with E-state index in [9.17, 15) is 25.2 Å². The fourth-order valence-electron chi connectivity index (χ4n) is 4.80. The lowest BCUT2D eigenvalue weighted by atomic mass is 9.76. The third-order valence-electron chi connectivity index (χ3n) is 6.90. The molecule has 0 aromatic rings. The summed E-state index contributed by atoms with van der Waals surface area (Å²) in [5, 5.41) is 52.7. The van der Waals surface area contributed by atoms with E-state index in [2.05, 4.69) is 6.58 Å². The summed E-state index contributed by atoms with van der Waals surface area (Å²) >= 11 is 0. The van der Waals surface area contributed by atoms with Crippen LogP contribution in [0.15, 0.2) is 24.3 Å². The highest BCUT2D eigenvalue weighted by Crippen LogP contribution is 2.46. The Kier molecular flexibility index (Phi) is 8.05. The first-order valence-corrected chi connectivity index (χ1v) is 10.8. The summed E-state index contributed by atoms with van der Waals surface area (Å²) in [5.74, 6) is -2.96. The normalized spacial score (nSPS) is 42.0. The van der Waals surface area contributed by atoms with E-state index in [4.69, 9.17) is 9.84 Å². The van der Waals surface area contributed by atoms with Crippen molar-refractivity contribution < 1.29 is 35.1 Å². The number of ether oxygens (including phenoxy) is 1. The van der Waals surface area contributed by atoms with Gasteiger partial charge in [0.25, 0.3) is 0 Å². The number of hydrogen-bond donors (Lipinski definition) is 5. The molecule has 0 unspecified atom stereocenters. The van der Waals surface area contributed by atoms with Gasteiger partial charge in [-0.1, -0.05) is 32.6 Å². The number of aliphatic hydroxyl groups excluding tert-OH is 4. The second kappa shape index (κ2) is 9.59. The molecule has 7 heteroatoms. The second-order valence-corrected chi connectivity index (χ2v) is 9.57. The Morgan fingerprint density at radius 3 is 2.47 bits per heavy atom. The quantitative estimate of drug-likeness (QED) is 0.327. The first kappa shape index (κ1) is 25.2. The number of carbonyl (C=O) groups excluding carboxylic acids is 1. The number of allylic oxidation sites excluding steroid dienone is 1. The van der Waals surface area contributed by atoms with Crippen molar-refractivity contribution in [2.24, 2.45) is 23.7 Å². The van der Waals surface area contributed by atoms with Gasteiger partial charge in [0.05, 0.1) is 29.8 Å². The van der Waals surface area contributed by atoms with E-state index in [0.29, 0.717) is 13.0 Å². The van der Waals surface area contributed by atoms with E-state index >= 15 is 0 Å². The molecule has 0 aromatic carbocycles. The van der Waals surface area contributed by atoms with Crippen LogP contribution in [0.5, 0.6) is 0 Å². The van der Waals surface area contributed by atoms with Crippen LogP contribution in [0.2, 0.25) is 0 Å². The van der Waals surface area contributed by atoms with Gasteiger partial charge < -0.3 is 30.3 Å². The van der Waals surface area contributed by atoms with Crippen molar-refractivity contribution in [3.05, 3.63) is 24.3 Å². The molecule has 2 aliphatic rings. The third kappa shape index (κ3) is 4.87. The Hall–Kier alpha value is -1.09. The summed E-state index contributed by atoms with van der Waals surface area (Å²) in [6.07, 6.45) is 0.567. The highest BCUT2D eigenvalue weighted by atomic mass is 16.5.